The molecule has 2 aromatic carbocycles. The fourth-order valence-corrected chi connectivity index (χ4v) is 2.09. The van der Waals surface area contributed by atoms with Crippen LogP contribution in [-0.2, 0) is 37.6 Å². The minimum Gasteiger partial charge on any atom is -0.387 e. The maximum absolute atomic E-state index is 13.7. The molecular formula is C19H20F2O6. The van der Waals surface area contributed by atoms with Gasteiger partial charge in [0.2, 0.25) is 0 Å². The van der Waals surface area contributed by atoms with Crippen LogP contribution in [0.25, 0.3) is 0 Å². The van der Waals surface area contributed by atoms with Gasteiger partial charge in [0, 0.05) is 0 Å². The molecule has 0 aliphatic rings. The first-order valence-electron chi connectivity index (χ1n) is 8.15. The van der Waals surface area contributed by atoms with Crippen LogP contribution >= 0.6 is 0 Å². The van der Waals surface area contributed by atoms with E-state index in [1.165, 1.54) is 0 Å². The molecule has 0 bridgehead atoms. The van der Waals surface area contributed by atoms with E-state index in [9.17, 15) is 18.7 Å². The van der Waals surface area contributed by atoms with Crippen LogP contribution in [0.15, 0.2) is 60.7 Å². The third-order valence-electron chi connectivity index (χ3n) is 3.52. The largest absolute Gasteiger partial charge is 0.387 e. The molecule has 0 aliphatic heterocycles. The first-order valence-corrected chi connectivity index (χ1v) is 8.15. The van der Waals surface area contributed by atoms with Gasteiger partial charge < -0.3 is 5.11 Å². The second kappa shape index (κ2) is 10.8. The highest BCUT2D eigenvalue weighted by Crippen LogP contribution is 2.23. The summed E-state index contributed by atoms with van der Waals surface area (Å²) in [6.07, 6.45) is -4.73. The Morgan fingerprint density at radius 2 is 1.41 bits per heavy atom. The summed E-state index contributed by atoms with van der Waals surface area (Å²) in [5.41, 5.74) is 1.46. The third-order valence-corrected chi connectivity index (χ3v) is 3.52. The van der Waals surface area contributed by atoms with Crippen LogP contribution in [0, 0.1) is 0 Å². The Morgan fingerprint density at radius 1 is 0.889 bits per heavy atom. The lowest BCUT2D eigenvalue weighted by Gasteiger charge is -2.25. The van der Waals surface area contributed by atoms with Crippen molar-refractivity contribution in [3.63, 3.8) is 0 Å². The van der Waals surface area contributed by atoms with E-state index >= 15 is 0 Å². The molecule has 0 heterocycles. The molecule has 146 valence electrons. The van der Waals surface area contributed by atoms with Gasteiger partial charge in [-0.15, -0.1) is 0 Å². The lowest BCUT2D eigenvalue weighted by Crippen LogP contribution is -2.47. The van der Waals surface area contributed by atoms with Gasteiger partial charge in [-0.05, 0) is 11.1 Å². The van der Waals surface area contributed by atoms with Gasteiger partial charge >= 0.3 is 5.92 Å². The molecule has 8 heteroatoms. The molecular weight excluding hydrogens is 362 g/mol. The summed E-state index contributed by atoms with van der Waals surface area (Å²) in [6.45, 7) is -0.715. The molecule has 2 atom stereocenters. The summed E-state index contributed by atoms with van der Waals surface area (Å²) in [4.78, 5) is 29.7. The van der Waals surface area contributed by atoms with Crippen LogP contribution in [0.4, 0.5) is 8.78 Å². The predicted octanol–water partition coefficient (Wildman–Crippen LogP) is 2.85. The van der Waals surface area contributed by atoms with Crippen molar-refractivity contribution in [1.82, 2.24) is 0 Å². The molecule has 0 fully saturated rings. The Bertz CT molecular complexity index is 668. The van der Waals surface area contributed by atoms with E-state index in [0.717, 1.165) is 5.56 Å². The molecule has 0 saturated heterocycles. The predicted molar refractivity (Wildman–Crippen MR) is 90.3 cm³/mol. The van der Waals surface area contributed by atoms with E-state index in [-0.39, 0.29) is 13.2 Å². The van der Waals surface area contributed by atoms with Gasteiger partial charge in [-0.3, -0.25) is 4.79 Å². The number of alkyl halides is 2. The van der Waals surface area contributed by atoms with Gasteiger partial charge in [-0.25, -0.2) is 19.6 Å². The number of carbonyl (C=O) groups excluding carboxylic acids is 1. The lowest BCUT2D eigenvalue weighted by atomic mass is 10.1. The van der Waals surface area contributed by atoms with E-state index in [4.69, 9.17) is 14.7 Å². The molecule has 0 saturated carbocycles. The van der Waals surface area contributed by atoms with Gasteiger partial charge in [0.05, 0.1) is 0 Å². The third kappa shape index (κ3) is 7.12. The zero-order chi connectivity index (χ0) is 19.5. The van der Waals surface area contributed by atoms with Crippen LogP contribution in [-0.4, -0.2) is 36.1 Å². The maximum atomic E-state index is 13.7. The molecule has 0 unspecified atom stereocenters. The number of halogens is 2. The first kappa shape index (κ1) is 21.1. The number of hydrogen-bond donors (Lipinski definition) is 1. The molecule has 0 aliphatic carbocycles. The molecule has 2 rings (SSSR count). The quantitative estimate of drug-likeness (QED) is 0.263. The van der Waals surface area contributed by atoms with Crippen molar-refractivity contribution in [1.29, 1.82) is 0 Å². The van der Waals surface area contributed by atoms with Gasteiger partial charge in [0.25, 0.3) is 0 Å². The second-order valence-corrected chi connectivity index (χ2v) is 5.66. The second-order valence-electron chi connectivity index (χ2n) is 5.66. The van der Waals surface area contributed by atoms with E-state index in [0.29, 0.717) is 5.56 Å². The minimum absolute atomic E-state index is 0.0632. The highest BCUT2D eigenvalue weighted by atomic mass is 19.3. The standard InChI is InChI=1S/C19H20F2O6/c20-19(21,14-22)18(27-26-12-16-9-5-2-6-10-16)17(23)13-25-24-11-15-7-3-1-4-8-15/h1-10,14,17-18,23H,11-13H2/t17-,18-/m1/s1. The Morgan fingerprint density at radius 3 is 1.93 bits per heavy atom. The van der Waals surface area contributed by atoms with E-state index in [1.807, 2.05) is 6.07 Å². The smallest absolute Gasteiger partial charge is 0.333 e. The summed E-state index contributed by atoms with van der Waals surface area (Å²) in [7, 11) is 0. The van der Waals surface area contributed by atoms with Gasteiger partial charge in [-0.1, -0.05) is 60.7 Å². The highest BCUT2D eigenvalue weighted by molar-refractivity contribution is 5.61. The van der Waals surface area contributed by atoms with E-state index < -0.39 is 31.0 Å². The van der Waals surface area contributed by atoms with Crippen molar-refractivity contribution in [3.8, 4) is 0 Å². The molecule has 1 N–H and O–H groups in total. The molecule has 27 heavy (non-hydrogen) atoms. The van der Waals surface area contributed by atoms with Crippen LogP contribution < -0.4 is 0 Å². The Kier molecular flexibility index (Phi) is 8.43. The molecule has 0 spiro atoms. The molecule has 2 aromatic rings. The van der Waals surface area contributed by atoms with Crippen molar-refractivity contribution < 1.29 is 38.2 Å². The van der Waals surface area contributed by atoms with Gasteiger partial charge in [-0.2, -0.15) is 8.78 Å². The fourth-order valence-electron chi connectivity index (χ4n) is 2.09. The summed E-state index contributed by atoms with van der Waals surface area (Å²) in [5, 5.41) is 9.92. The number of aliphatic hydroxyl groups is 1. The van der Waals surface area contributed by atoms with E-state index in [2.05, 4.69) is 4.89 Å². The Hall–Kier alpha value is -2.23. The Labute approximate surface area is 155 Å². The number of hydrogen-bond acceptors (Lipinski definition) is 6. The number of rotatable bonds is 12. The summed E-state index contributed by atoms with van der Waals surface area (Å²) < 4.78 is 27.5. The molecule has 0 aromatic heterocycles. The number of aliphatic hydroxyl groups excluding tert-OH is 1. The average Bonchev–Trinajstić information content (AvgIpc) is 2.70. The van der Waals surface area contributed by atoms with Gasteiger partial charge in [0.1, 0.15) is 25.9 Å². The minimum atomic E-state index is -3.97. The van der Waals surface area contributed by atoms with Crippen LogP contribution in [0.3, 0.4) is 0 Å². The topological polar surface area (TPSA) is 74.2 Å². The van der Waals surface area contributed by atoms with Crippen molar-refractivity contribution in [2.75, 3.05) is 6.61 Å². The number of benzene rings is 2. The maximum Gasteiger partial charge on any atom is 0.333 e. The summed E-state index contributed by atoms with van der Waals surface area (Å²) >= 11 is 0. The van der Waals surface area contributed by atoms with Crippen molar-refractivity contribution in [3.05, 3.63) is 71.8 Å². The average molecular weight is 382 g/mol. The lowest BCUT2D eigenvalue weighted by molar-refractivity contribution is -0.386. The van der Waals surface area contributed by atoms with Crippen molar-refractivity contribution >= 4 is 6.29 Å². The zero-order valence-corrected chi connectivity index (χ0v) is 14.4. The van der Waals surface area contributed by atoms with Crippen LogP contribution in [0.1, 0.15) is 11.1 Å². The molecule has 0 radical (unpaired) electrons. The van der Waals surface area contributed by atoms with Crippen molar-refractivity contribution in [2.24, 2.45) is 0 Å². The first-order chi connectivity index (χ1) is 13.0. The molecule has 0 amide bonds. The summed E-state index contributed by atoms with van der Waals surface area (Å²) in [5.74, 6) is -3.97. The monoisotopic (exact) mass is 382 g/mol. The van der Waals surface area contributed by atoms with Crippen LogP contribution in [0.5, 0.6) is 0 Å². The van der Waals surface area contributed by atoms with Crippen molar-refractivity contribution in [2.45, 2.75) is 31.3 Å². The fraction of sp³-hybridized carbons (Fsp3) is 0.316. The summed E-state index contributed by atoms with van der Waals surface area (Å²) in [6, 6.07) is 17.6. The molecule has 6 nitrogen and oxygen atoms in total. The normalized spacial score (nSPS) is 13.9. The van der Waals surface area contributed by atoms with Crippen LogP contribution in [0.2, 0.25) is 0 Å². The zero-order valence-electron chi connectivity index (χ0n) is 14.4. The van der Waals surface area contributed by atoms with Gasteiger partial charge in [0.15, 0.2) is 12.4 Å². The number of aldehydes is 1. The highest BCUT2D eigenvalue weighted by Gasteiger charge is 2.46. The Balaban J connectivity index is 1.81. The number of carbonyl (C=O) groups is 1. The SMILES string of the molecule is O=CC(F)(F)[C@H](OOCc1ccccc1)[C@H](O)COOCc1ccccc1. The van der Waals surface area contributed by atoms with E-state index in [1.54, 1.807) is 54.6 Å².